The van der Waals surface area contributed by atoms with Gasteiger partial charge in [-0.05, 0) is 12.1 Å². The first-order valence-corrected chi connectivity index (χ1v) is 7.19. The van der Waals surface area contributed by atoms with E-state index in [0.717, 1.165) is 33.4 Å². The normalized spacial score (nSPS) is 10.8. The minimum absolute atomic E-state index is 0.400. The Labute approximate surface area is 132 Å². The maximum atomic E-state index is 5.84. The average molecular weight is 299 g/mol. The van der Waals surface area contributed by atoms with Gasteiger partial charge in [-0.3, -0.25) is 4.98 Å². The van der Waals surface area contributed by atoms with E-state index in [1.807, 2.05) is 48.5 Å². The minimum Gasteiger partial charge on any atom is -0.382 e. The molecular weight excluding hydrogens is 286 g/mol. The van der Waals surface area contributed by atoms with Crippen molar-refractivity contribution in [2.24, 2.45) is 0 Å². The fraction of sp³-hybridized carbons (Fsp3) is 0. The molecule has 0 fully saturated rings. The summed E-state index contributed by atoms with van der Waals surface area (Å²) >= 11 is 0. The summed E-state index contributed by atoms with van der Waals surface area (Å²) in [5.41, 5.74) is 10.2. The van der Waals surface area contributed by atoms with Crippen LogP contribution >= 0.6 is 0 Å². The molecule has 5 nitrogen and oxygen atoms in total. The highest BCUT2D eigenvalue weighted by Gasteiger charge is 2.12. The third-order valence-corrected chi connectivity index (χ3v) is 3.62. The zero-order chi connectivity index (χ0) is 15.6. The van der Waals surface area contributed by atoms with Gasteiger partial charge in [0, 0.05) is 22.7 Å². The molecular formula is C18H13N5. The average Bonchev–Trinajstić information content (AvgIpc) is 2.62. The smallest absolute Gasteiger partial charge is 0.142 e. The molecule has 0 aliphatic rings. The SMILES string of the molecule is Nc1cnc(-c2ccc3ncncc3c2)c(-c2ccccc2)n1. The second-order valence-electron chi connectivity index (χ2n) is 5.15. The van der Waals surface area contributed by atoms with Crippen molar-refractivity contribution >= 4 is 16.7 Å². The number of hydrogen-bond donors (Lipinski definition) is 1. The summed E-state index contributed by atoms with van der Waals surface area (Å²) in [6.45, 7) is 0. The number of benzene rings is 2. The molecule has 4 rings (SSSR count). The molecule has 5 heteroatoms. The van der Waals surface area contributed by atoms with Crippen LogP contribution in [0.4, 0.5) is 5.82 Å². The quantitative estimate of drug-likeness (QED) is 0.614. The number of aromatic nitrogens is 4. The van der Waals surface area contributed by atoms with Gasteiger partial charge in [-0.1, -0.05) is 36.4 Å². The van der Waals surface area contributed by atoms with E-state index in [0.29, 0.717) is 5.82 Å². The molecule has 110 valence electrons. The molecule has 0 aliphatic carbocycles. The Balaban J connectivity index is 1.94. The molecule has 0 spiro atoms. The molecule has 0 saturated heterocycles. The molecule has 0 atom stereocenters. The van der Waals surface area contributed by atoms with Crippen molar-refractivity contribution in [2.45, 2.75) is 0 Å². The number of nitrogens with zero attached hydrogens (tertiary/aromatic N) is 4. The summed E-state index contributed by atoms with van der Waals surface area (Å²) in [6.07, 6.45) is 4.91. The second-order valence-corrected chi connectivity index (χ2v) is 5.15. The van der Waals surface area contributed by atoms with Crippen LogP contribution in [0.5, 0.6) is 0 Å². The lowest BCUT2D eigenvalue weighted by Gasteiger charge is -2.09. The second kappa shape index (κ2) is 5.46. The largest absolute Gasteiger partial charge is 0.382 e. The summed E-state index contributed by atoms with van der Waals surface area (Å²) in [5.74, 6) is 0.400. The van der Waals surface area contributed by atoms with Crippen LogP contribution in [0.2, 0.25) is 0 Å². The van der Waals surface area contributed by atoms with Gasteiger partial charge >= 0.3 is 0 Å². The van der Waals surface area contributed by atoms with Crippen molar-refractivity contribution in [3.8, 4) is 22.5 Å². The van der Waals surface area contributed by atoms with Crippen LogP contribution in [0.3, 0.4) is 0 Å². The molecule has 2 N–H and O–H groups in total. The van der Waals surface area contributed by atoms with Crippen LogP contribution in [0.25, 0.3) is 33.4 Å². The van der Waals surface area contributed by atoms with E-state index >= 15 is 0 Å². The number of rotatable bonds is 2. The van der Waals surface area contributed by atoms with E-state index in [1.165, 1.54) is 0 Å². The zero-order valence-electron chi connectivity index (χ0n) is 12.2. The lowest BCUT2D eigenvalue weighted by molar-refractivity contribution is 1.21. The highest BCUT2D eigenvalue weighted by atomic mass is 14.9. The predicted molar refractivity (Wildman–Crippen MR) is 90.4 cm³/mol. The van der Waals surface area contributed by atoms with Crippen LogP contribution < -0.4 is 5.73 Å². The Morgan fingerprint density at radius 1 is 0.783 bits per heavy atom. The molecule has 0 unspecified atom stereocenters. The fourth-order valence-electron chi connectivity index (χ4n) is 2.54. The van der Waals surface area contributed by atoms with E-state index < -0.39 is 0 Å². The predicted octanol–water partition coefficient (Wildman–Crippen LogP) is 3.34. The van der Waals surface area contributed by atoms with E-state index in [2.05, 4.69) is 19.9 Å². The van der Waals surface area contributed by atoms with Gasteiger partial charge in [-0.15, -0.1) is 0 Å². The first kappa shape index (κ1) is 13.3. The van der Waals surface area contributed by atoms with Crippen molar-refractivity contribution < 1.29 is 0 Å². The molecule has 2 heterocycles. The molecule has 0 bridgehead atoms. The van der Waals surface area contributed by atoms with Gasteiger partial charge in [0.2, 0.25) is 0 Å². The molecule has 23 heavy (non-hydrogen) atoms. The van der Waals surface area contributed by atoms with Crippen LogP contribution in [-0.2, 0) is 0 Å². The van der Waals surface area contributed by atoms with Crippen LogP contribution in [0.15, 0.2) is 67.3 Å². The minimum atomic E-state index is 0.400. The van der Waals surface area contributed by atoms with Crippen LogP contribution in [0, 0.1) is 0 Å². The van der Waals surface area contributed by atoms with Gasteiger partial charge in [0.1, 0.15) is 12.1 Å². The van der Waals surface area contributed by atoms with Gasteiger partial charge < -0.3 is 5.73 Å². The molecule has 2 aromatic heterocycles. The van der Waals surface area contributed by atoms with Crippen LogP contribution in [0.1, 0.15) is 0 Å². The zero-order valence-corrected chi connectivity index (χ0v) is 12.2. The Hall–Kier alpha value is -3.34. The van der Waals surface area contributed by atoms with Gasteiger partial charge in [-0.25, -0.2) is 15.0 Å². The lowest BCUT2D eigenvalue weighted by atomic mass is 10.0. The summed E-state index contributed by atoms with van der Waals surface area (Å²) in [5, 5.41) is 0.961. The third kappa shape index (κ3) is 2.48. The monoisotopic (exact) mass is 299 g/mol. The molecule has 2 aromatic carbocycles. The summed E-state index contributed by atoms with van der Waals surface area (Å²) < 4.78 is 0. The maximum absolute atomic E-state index is 5.84. The van der Waals surface area contributed by atoms with Crippen molar-refractivity contribution in [3.05, 3.63) is 67.3 Å². The van der Waals surface area contributed by atoms with Crippen molar-refractivity contribution in [1.29, 1.82) is 0 Å². The fourth-order valence-corrected chi connectivity index (χ4v) is 2.54. The maximum Gasteiger partial charge on any atom is 0.142 e. The number of nitrogen functional groups attached to an aromatic ring is 1. The van der Waals surface area contributed by atoms with E-state index in [4.69, 9.17) is 5.73 Å². The van der Waals surface area contributed by atoms with Gasteiger partial charge in [-0.2, -0.15) is 0 Å². The summed E-state index contributed by atoms with van der Waals surface area (Å²) in [6, 6.07) is 15.9. The number of hydrogen-bond acceptors (Lipinski definition) is 5. The standard InChI is InChI=1S/C18H13N5/c19-16-10-21-17(18(23-16)12-4-2-1-3-5-12)13-6-7-15-14(8-13)9-20-11-22-15/h1-11H,(H2,19,23). The summed E-state index contributed by atoms with van der Waals surface area (Å²) in [7, 11) is 0. The molecule has 0 amide bonds. The van der Waals surface area contributed by atoms with E-state index in [1.54, 1.807) is 18.7 Å². The van der Waals surface area contributed by atoms with Crippen molar-refractivity contribution in [3.63, 3.8) is 0 Å². The highest BCUT2D eigenvalue weighted by Crippen LogP contribution is 2.30. The van der Waals surface area contributed by atoms with E-state index in [9.17, 15) is 0 Å². The summed E-state index contributed by atoms with van der Waals surface area (Å²) in [4.78, 5) is 17.3. The van der Waals surface area contributed by atoms with Gasteiger partial charge in [0.25, 0.3) is 0 Å². The molecule has 0 radical (unpaired) electrons. The molecule has 0 saturated carbocycles. The number of anilines is 1. The van der Waals surface area contributed by atoms with Gasteiger partial charge in [0.05, 0.1) is 23.1 Å². The first-order valence-electron chi connectivity index (χ1n) is 7.19. The van der Waals surface area contributed by atoms with E-state index in [-0.39, 0.29) is 0 Å². The number of fused-ring (bicyclic) bond motifs is 1. The third-order valence-electron chi connectivity index (χ3n) is 3.62. The Kier molecular flexibility index (Phi) is 3.16. The Bertz CT molecular complexity index is 983. The topological polar surface area (TPSA) is 77.6 Å². The molecule has 4 aromatic rings. The lowest BCUT2D eigenvalue weighted by Crippen LogP contribution is -1.98. The highest BCUT2D eigenvalue weighted by molar-refractivity contribution is 5.86. The van der Waals surface area contributed by atoms with Gasteiger partial charge in [0.15, 0.2) is 0 Å². The Morgan fingerprint density at radius 3 is 2.52 bits per heavy atom. The Morgan fingerprint density at radius 2 is 1.65 bits per heavy atom. The number of nitrogens with two attached hydrogens (primary N) is 1. The van der Waals surface area contributed by atoms with Crippen molar-refractivity contribution in [1.82, 2.24) is 19.9 Å². The first-order chi connectivity index (χ1) is 11.3. The molecule has 0 aliphatic heterocycles. The van der Waals surface area contributed by atoms with Crippen LogP contribution in [-0.4, -0.2) is 19.9 Å². The van der Waals surface area contributed by atoms with Crippen molar-refractivity contribution in [2.75, 3.05) is 5.73 Å².